The molecule has 1 heterocycles. The van der Waals surface area contributed by atoms with Crippen LogP contribution in [0.1, 0.15) is 25.0 Å². The Balaban J connectivity index is 0.982. The van der Waals surface area contributed by atoms with Crippen LogP contribution in [0, 0.1) is 0 Å². The summed E-state index contributed by atoms with van der Waals surface area (Å²) in [6, 6.07) is 92.8. The summed E-state index contributed by atoms with van der Waals surface area (Å²) in [6.07, 6.45) is 0. The molecule has 0 amide bonds. The zero-order valence-electron chi connectivity index (χ0n) is 36.6. The maximum atomic E-state index is 2.57. The Bertz CT molecular complexity index is 3380. The lowest BCUT2D eigenvalue weighted by atomic mass is 9.81. The van der Waals surface area contributed by atoms with E-state index in [-0.39, 0.29) is 5.41 Å². The van der Waals surface area contributed by atoms with Crippen LogP contribution in [-0.2, 0) is 5.41 Å². The summed E-state index contributed by atoms with van der Waals surface area (Å²) in [5, 5.41) is 8.09. The standard InChI is InChI=1S/C63H47NSi/c1-63(2)59-42-47(32-35-55(59)56-36-34-54(43-60(56)63)65(51-24-12-5-13-25-51,52-26-14-6-15-27-52)53-28-16-7-17-29-53)46-33-37-62-58(41-46)57-30-18-19-31-61(57)64(62)50-39-48(44-20-8-3-9-21-44)38-49(40-50)45-22-10-4-11-23-45/h3-43H,1-2H3. The van der Waals surface area contributed by atoms with Crippen LogP contribution in [0.4, 0.5) is 0 Å². The van der Waals surface area contributed by atoms with Gasteiger partial charge in [-0.25, -0.2) is 0 Å². The highest BCUT2D eigenvalue weighted by molar-refractivity contribution is 7.19. The van der Waals surface area contributed by atoms with Crippen molar-refractivity contribution < 1.29 is 0 Å². The van der Waals surface area contributed by atoms with E-state index < -0.39 is 8.07 Å². The van der Waals surface area contributed by atoms with Crippen LogP contribution in [0.25, 0.3) is 72.0 Å². The molecule has 0 bridgehead atoms. The van der Waals surface area contributed by atoms with Crippen molar-refractivity contribution in [3.05, 3.63) is 260 Å². The zero-order chi connectivity index (χ0) is 43.5. The van der Waals surface area contributed by atoms with E-state index >= 15 is 0 Å². The van der Waals surface area contributed by atoms with Crippen molar-refractivity contribution in [3.8, 4) is 50.2 Å². The molecule has 1 aliphatic rings. The normalized spacial score (nSPS) is 12.9. The van der Waals surface area contributed by atoms with Gasteiger partial charge in [0.2, 0.25) is 0 Å². The molecule has 0 aliphatic heterocycles. The summed E-state index contributed by atoms with van der Waals surface area (Å²) < 4.78 is 2.46. The van der Waals surface area contributed by atoms with Gasteiger partial charge in [0.25, 0.3) is 0 Å². The number of benzene rings is 10. The van der Waals surface area contributed by atoms with Gasteiger partial charge in [-0.15, -0.1) is 0 Å². The van der Waals surface area contributed by atoms with E-state index in [4.69, 9.17) is 0 Å². The molecule has 2 heteroatoms. The molecule has 65 heavy (non-hydrogen) atoms. The first-order chi connectivity index (χ1) is 32.0. The summed E-state index contributed by atoms with van der Waals surface area (Å²) in [4.78, 5) is 0. The Labute approximate surface area is 382 Å². The minimum Gasteiger partial charge on any atom is -0.309 e. The molecule has 0 atom stereocenters. The molecule has 0 spiro atoms. The first-order valence-corrected chi connectivity index (χ1v) is 24.7. The van der Waals surface area contributed by atoms with Gasteiger partial charge in [0.05, 0.1) is 11.0 Å². The monoisotopic (exact) mass is 845 g/mol. The SMILES string of the molecule is CC1(C)c2cc(-c3ccc4c(c3)c3ccccc3n4-c3cc(-c4ccccc4)cc(-c4ccccc4)c3)ccc2-c2ccc([Si](c3ccccc3)(c3ccccc3)c3ccccc3)cc21. The Morgan fingerprint density at radius 3 is 1.32 bits per heavy atom. The number of hydrogen-bond donors (Lipinski definition) is 0. The number of aromatic nitrogens is 1. The average molecular weight is 846 g/mol. The number of nitrogens with zero attached hydrogens (tertiary/aromatic N) is 1. The second-order valence-corrected chi connectivity index (χ2v) is 21.9. The van der Waals surface area contributed by atoms with Gasteiger partial charge in [-0.3, -0.25) is 0 Å². The highest BCUT2D eigenvalue weighted by Crippen LogP contribution is 2.50. The number of fused-ring (bicyclic) bond motifs is 6. The van der Waals surface area contributed by atoms with Crippen molar-refractivity contribution in [2.75, 3.05) is 0 Å². The number of rotatable bonds is 8. The molecule has 1 aromatic heterocycles. The molecule has 10 aromatic carbocycles. The predicted molar refractivity (Wildman–Crippen MR) is 278 cm³/mol. The molecule has 1 nitrogen and oxygen atoms in total. The maximum Gasteiger partial charge on any atom is 0.179 e. The summed E-state index contributed by atoms with van der Waals surface area (Å²) in [7, 11) is -2.69. The zero-order valence-corrected chi connectivity index (χ0v) is 37.6. The largest absolute Gasteiger partial charge is 0.309 e. The summed E-state index contributed by atoms with van der Waals surface area (Å²) in [5.41, 5.74) is 16.1. The van der Waals surface area contributed by atoms with Gasteiger partial charge in [-0.05, 0) is 119 Å². The number of hydrogen-bond acceptors (Lipinski definition) is 0. The van der Waals surface area contributed by atoms with E-state index in [0.717, 1.165) is 5.69 Å². The van der Waals surface area contributed by atoms with Crippen molar-refractivity contribution in [3.63, 3.8) is 0 Å². The third-order valence-corrected chi connectivity index (χ3v) is 18.9. The van der Waals surface area contributed by atoms with Crippen LogP contribution >= 0.6 is 0 Å². The molecule has 0 saturated carbocycles. The topological polar surface area (TPSA) is 4.93 Å². The molecule has 308 valence electrons. The van der Waals surface area contributed by atoms with E-state index in [1.54, 1.807) is 0 Å². The number of para-hydroxylation sites is 1. The Morgan fingerprint density at radius 2 is 0.754 bits per heavy atom. The van der Waals surface area contributed by atoms with Gasteiger partial charge in [-0.2, -0.15) is 0 Å². The van der Waals surface area contributed by atoms with Gasteiger partial charge >= 0.3 is 0 Å². The summed E-state index contributed by atoms with van der Waals surface area (Å²) in [6.45, 7) is 4.85. The molecule has 0 unspecified atom stereocenters. The first kappa shape index (κ1) is 38.9. The van der Waals surface area contributed by atoms with Crippen LogP contribution in [-0.4, -0.2) is 12.6 Å². The molecule has 0 fully saturated rings. The van der Waals surface area contributed by atoms with Gasteiger partial charge in [0.1, 0.15) is 0 Å². The Kier molecular flexibility index (Phi) is 9.26. The van der Waals surface area contributed by atoms with Gasteiger partial charge in [0.15, 0.2) is 8.07 Å². The van der Waals surface area contributed by atoms with Crippen LogP contribution in [0.2, 0.25) is 0 Å². The van der Waals surface area contributed by atoms with Crippen molar-refractivity contribution >= 4 is 50.6 Å². The maximum absolute atomic E-state index is 2.69. The van der Waals surface area contributed by atoms with E-state index in [0.29, 0.717) is 0 Å². The fourth-order valence-electron chi connectivity index (χ4n) is 11.0. The molecule has 0 N–H and O–H groups in total. The Hall–Kier alpha value is -7.78. The lowest BCUT2D eigenvalue weighted by molar-refractivity contribution is 0.661. The van der Waals surface area contributed by atoms with Crippen molar-refractivity contribution in [1.29, 1.82) is 0 Å². The van der Waals surface area contributed by atoms with Gasteiger partial charge < -0.3 is 4.57 Å². The highest BCUT2D eigenvalue weighted by Gasteiger charge is 2.44. The third kappa shape index (κ3) is 6.28. The molecule has 1 aliphatic carbocycles. The Morgan fingerprint density at radius 1 is 0.308 bits per heavy atom. The smallest absolute Gasteiger partial charge is 0.179 e. The van der Waals surface area contributed by atoms with E-state index in [1.165, 1.54) is 98.2 Å². The molecule has 11 aromatic rings. The fourth-order valence-corrected chi connectivity index (χ4v) is 15.8. The quantitative estimate of drug-likeness (QED) is 0.106. The highest BCUT2D eigenvalue weighted by atomic mass is 28.3. The van der Waals surface area contributed by atoms with Crippen molar-refractivity contribution in [1.82, 2.24) is 4.57 Å². The molecule has 0 radical (unpaired) electrons. The minimum atomic E-state index is -2.69. The van der Waals surface area contributed by atoms with E-state index in [9.17, 15) is 0 Å². The van der Waals surface area contributed by atoms with Crippen molar-refractivity contribution in [2.45, 2.75) is 19.3 Å². The fraction of sp³-hybridized carbons (Fsp3) is 0.0476. The molecular weight excluding hydrogens is 799 g/mol. The summed E-state index contributed by atoms with van der Waals surface area (Å²) in [5.74, 6) is 0. The predicted octanol–water partition coefficient (Wildman–Crippen LogP) is 13.5. The van der Waals surface area contributed by atoms with Crippen molar-refractivity contribution in [2.24, 2.45) is 0 Å². The van der Waals surface area contributed by atoms with Crippen LogP contribution in [0.15, 0.2) is 249 Å². The van der Waals surface area contributed by atoms with E-state index in [1.807, 2.05) is 0 Å². The van der Waals surface area contributed by atoms with Gasteiger partial charge in [0, 0.05) is 21.9 Å². The van der Waals surface area contributed by atoms with Gasteiger partial charge in [-0.1, -0.05) is 220 Å². The van der Waals surface area contributed by atoms with Crippen LogP contribution in [0.5, 0.6) is 0 Å². The third-order valence-electron chi connectivity index (χ3n) is 14.1. The van der Waals surface area contributed by atoms with Crippen LogP contribution in [0.3, 0.4) is 0 Å². The lowest BCUT2D eigenvalue weighted by Crippen LogP contribution is -2.74. The molecule has 0 saturated heterocycles. The van der Waals surface area contributed by atoms with E-state index in [2.05, 4.69) is 267 Å². The lowest BCUT2D eigenvalue weighted by Gasteiger charge is -2.35. The molecular formula is C63H47NSi. The average Bonchev–Trinajstić information content (AvgIpc) is 3.82. The second-order valence-electron chi connectivity index (χ2n) is 18.1. The van der Waals surface area contributed by atoms with Crippen LogP contribution < -0.4 is 20.7 Å². The molecule has 12 rings (SSSR count). The summed E-state index contributed by atoms with van der Waals surface area (Å²) >= 11 is 0. The minimum absolute atomic E-state index is 0.207. The second kappa shape index (κ2) is 15.5. The first-order valence-electron chi connectivity index (χ1n) is 22.7.